The molecule has 4 heteroatoms. The maximum atomic E-state index is 5.63. The molecule has 20 heavy (non-hydrogen) atoms. The lowest BCUT2D eigenvalue weighted by molar-refractivity contribution is 0.408. The van der Waals surface area contributed by atoms with Crippen LogP contribution < -0.4 is 10.1 Å². The molecule has 0 aliphatic heterocycles. The van der Waals surface area contributed by atoms with E-state index in [2.05, 4.69) is 47.2 Å². The molecule has 1 aromatic carbocycles. The van der Waals surface area contributed by atoms with Crippen LogP contribution in [0.25, 0.3) is 0 Å². The molecule has 1 heterocycles. The van der Waals surface area contributed by atoms with Gasteiger partial charge in [0.05, 0.1) is 23.9 Å². The van der Waals surface area contributed by atoms with Crippen molar-refractivity contribution in [1.29, 1.82) is 0 Å². The standard InChI is InChI=1S/C16H20BrNO2/c1-4-18-14(16-11(2)7-8-20-16)10-12-5-6-15(19-3)13(17)9-12/h5-9,14,18H,4,10H2,1-3H3. The van der Waals surface area contributed by atoms with Gasteiger partial charge >= 0.3 is 0 Å². The predicted octanol–water partition coefficient (Wildman–Crippen LogP) is 4.25. The van der Waals surface area contributed by atoms with Gasteiger partial charge in [0.1, 0.15) is 11.5 Å². The van der Waals surface area contributed by atoms with Crippen LogP contribution in [-0.4, -0.2) is 13.7 Å². The molecule has 0 radical (unpaired) electrons. The lowest BCUT2D eigenvalue weighted by Crippen LogP contribution is -2.23. The van der Waals surface area contributed by atoms with Crippen LogP contribution in [-0.2, 0) is 6.42 Å². The van der Waals surface area contributed by atoms with Crippen LogP contribution in [0.15, 0.2) is 39.4 Å². The topological polar surface area (TPSA) is 34.4 Å². The van der Waals surface area contributed by atoms with E-state index in [0.717, 1.165) is 28.9 Å². The number of nitrogens with one attached hydrogen (secondary N) is 1. The first-order valence-electron chi connectivity index (χ1n) is 6.75. The molecule has 0 spiro atoms. The summed E-state index contributed by atoms with van der Waals surface area (Å²) in [6.45, 7) is 5.09. The zero-order chi connectivity index (χ0) is 14.5. The van der Waals surface area contributed by atoms with Gasteiger partial charge in [0, 0.05) is 0 Å². The van der Waals surface area contributed by atoms with E-state index >= 15 is 0 Å². The number of ether oxygens (including phenoxy) is 1. The lowest BCUT2D eigenvalue weighted by Gasteiger charge is -2.17. The van der Waals surface area contributed by atoms with E-state index in [1.165, 1.54) is 11.1 Å². The van der Waals surface area contributed by atoms with Crippen molar-refractivity contribution < 1.29 is 9.15 Å². The minimum Gasteiger partial charge on any atom is -0.496 e. The average molecular weight is 338 g/mol. The second-order valence-corrected chi connectivity index (χ2v) is 5.61. The molecule has 1 aromatic heterocycles. The predicted molar refractivity (Wildman–Crippen MR) is 84.3 cm³/mol. The molecule has 0 saturated carbocycles. The van der Waals surface area contributed by atoms with E-state index in [0.29, 0.717) is 0 Å². The Kier molecular flexibility index (Phi) is 5.26. The van der Waals surface area contributed by atoms with Crippen LogP contribution in [0.3, 0.4) is 0 Å². The Balaban J connectivity index is 2.20. The Morgan fingerprint density at radius 1 is 1.35 bits per heavy atom. The molecule has 1 unspecified atom stereocenters. The third-order valence-electron chi connectivity index (χ3n) is 3.32. The van der Waals surface area contributed by atoms with Crippen molar-refractivity contribution >= 4 is 15.9 Å². The zero-order valence-electron chi connectivity index (χ0n) is 12.1. The molecule has 108 valence electrons. The van der Waals surface area contributed by atoms with Crippen LogP contribution in [0, 0.1) is 6.92 Å². The Morgan fingerprint density at radius 2 is 2.15 bits per heavy atom. The van der Waals surface area contributed by atoms with Crippen LogP contribution >= 0.6 is 15.9 Å². The van der Waals surface area contributed by atoms with E-state index in [1.54, 1.807) is 13.4 Å². The summed E-state index contributed by atoms with van der Waals surface area (Å²) < 4.78 is 11.9. The second-order valence-electron chi connectivity index (χ2n) is 4.75. The summed E-state index contributed by atoms with van der Waals surface area (Å²) in [7, 11) is 1.67. The van der Waals surface area contributed by atoms with Gasteiger partial charge in [-0.25, -0.2) is 0 Å². The monoisotopic (exact) mass is 337 g/mol. The fourth-order valence-electron chi connectivity index (χ4n) is 2.32. The van der Waals surface area contributed by atoms with Crippen LogP contribution in [0.4, 0.5) is 0 Å². The van der Waals surface area contributed by atoms with Crippen molar-refractivity contribution in [2.75, 3.05) is 13.7 Å². The van der Waals surface area contributed by atoms with Gasteiger partial charge < -0.3 is 14.5 Å². The molecular formula is C16H20BrNO2. The molecule has 0 aliphatic carbocycles. The highest BCUT2D eigenvalue weighted by atomic mass is 79.9. The summed E-state index contributed by atoms with van der Waals surface area (Å²) in [6.07, 6.45) is 2.63. The third kappa shape index (κ3) is 3.44. The SMILES string of the molecule is CCNC(Cc1ccc(OC)c(Br)c1)c1occc1C. The van der Waals surface area contributed by atoms with E-state index in [4.69, 9.17) is 9.15 Å². The number of rotatable bonds is 6. The van der Waals surface area contributed by atoms with E-state index < -0.39 is 0 Å². The van der Waals surface area contributed by atoms with E-state index in [-0.39, 0.29) is 6.04 Å². The minimum absolute atomic E-state index is 0.190. The molecule has 2 rings (SSSR count). The number of benzene rings is 1. The van der Waals surface area contributed by atoms with Gasteiger partial charge in [0.2, 0.25) is 0 Å². The zero-order valence-corrected chi connectivity index (χ0v) is 13.7. The van der Waals surface area contributed by atoms with Crippen molar-refractivity contribution in [2.24, 2.45) is 0 Å². The van der Waals surface area contributed by atoms with Crippen molar-refractivity contribution in [2.45, 2.75) is 26.3 Å². The summed E-state index contributed by atoms with van der Waals surface area (Å²) in [5, 5.41) is 3.48. The highest BCUT2D eigenvalue weighted by molar-refractivity contribution is 9.10. The van der Waals surface area contributed by atoms with Gasteiger partial charge in [-0.1, -0.05) is 13.0 Å². The first kappa shape index (κ1) is 15.1. The molecule has 2 aromatic rings. The minimum atomic E-state index is 0.190. The Bertz CT molecular complexity index is 565. The average Bonchev–Trinajstić information content (AvgIpc) is 2.85. The van der Waals surface area contributed by atoms with Crippen LogP contribution in [0.2, 0.25) is 0 Å². The number of likely N-dealkylation sites (N-methyl/N-ethyl adjacent to an activating group) is 1. The fourth-order valence-corrected chi connectivity index (χ4v) is 2.91. The number of halogens is 1. The van der Waals surface area contributed by atoms with Gasteiger partial charge in [0.15, 0.2) is 0 Å². The highest BCUT2D eigenvalue weighted by Crippen LogP contribution is 2.28. The van der Waals surface area contributed by atoms with Gasteiger partial charge in [-0.15, -0.1) is 0 Å². The van der Waals surface area contributed by atoms with Crippen LogP contribution in [0.5, 0.6) is 5.75 Å². The summed E-state index contributed by atoms with van der Waals surface area (Å²) in [5.74, 6) is 1.86. The quantitative estimate of drug-likeness (QED) is 0.855. The molecule has 3 nitrogen and oxygen atoms in total. The van der Waals surface area contributed by atoms with Gasteiger partial charge in [0.25, 0.3) is 0 Å². The highest BCUT2D eigenvalue weighted by Gasteiger charge is 2.17. The van der Waals surface area contributed by atoms with E-state index in [9.17, 15) is 0 Å². The molecular weight excluding hydrogens is 318 g/mol. The first-order chi connectivity index (χ1) is 9.65. The summed E-state index contributed by atoms with van der Waals surface area (Å²) >= 11 is 3.53. The number of aryl methyl sites for hydroxylation is 1. The van der Waals surface area contributed by atoms with Gasteiger partial charge in [-0.3, -0.25) is 0 Å². The maximum absolute atomic E-state index is 5.63. The smallest absolute Gasteiger partial charge is 0.133 e. The summed E-state index contributed by atoms with van der Waals surface area (Å²) in [4.78, 5) is 0. The summed E-state index contributed by atoms with van der Waals surface area (Å²) in [5.41, 5.74) is 2.42. The number of hydrogen-bond donors (Lipinski definition) is 1. The third-order valence-corrected chi connectivity index (χ3v) is 3.94. The fraction of sp³-hybridized carbons (Fsp3) is 0.375. The lowest BCUT2D eigenvalue weighted by atomic mass is 10.0. The van der Waals surface area contributed by atoms with Crippen molar-refractivity contribution in [3.8, 4) is 5.75 Å². The Hall–Kier alpha value is -1.26. The molecule has 0 amide bonds. The number of methoxy groups -OCH3 is 1. The van der Waals surface area contributed by atoms with Crippen molar-refractivity contribution in [3.05, 3.63) is 51.9 Å². The van der Waals surface area contributed by atoms with Crippen molar-refractivity contribution in [1.82, 2.24) is 5.32 Å². The molecule has 0 fully saturated rings. The number of hydrogen-bond acceptors (Lipinski definition) is 3. The molecule has 1 atom stereocenters. The number of furan rings is 1. The first-order valence-corrected chi connectivity index (χ1v) is 7.54. The molecule has 0 bridgehead atoms. The largest absolute Gasteiger partial charge is 0.496 e. The second kappa shape index (κ2) is 6.95. The molecule has 0 saturated heterocycles. The van der Waals surface area contributed by atoms with E-state index in [1.807, 2.05) is 12.1 Å². The van der Waals surface area contributed by atoms with Crippen LogP contribution in [0.1, 0.15) is 29.9 Å². The Labute approximate surface area is 128 Å². The van der Waals surface area contributed by atoms with Gasteiger partial charge in [-0.05, 0) is 65.1 Å². The maximum Gasteiger partial charge on any atom is 0.133 e. The summed E-state index contributed by atoms with van der Waals surface area (Å²) in [6, 6.07) is 8.37. The van der Waals surface area contributed by atoms with Crippen molar-refractivity contribution in [3.63, 3.8) is 0 Å². The molecule has 0 aliphatic rings. The van der Waals surface area contributed by atoms with Gasteiger partial charge in [-0.2, -0.15) is 0 Å². The molecule has 1 N–H and O–H groups in total. The Morgan fingerprint density at radius 3 is 2.70 bits per heavy atom. The normalized spacial score (nSPS) is 12.4.